The van der Waals surface area contributed by atoms with Crippen LogP contribution in [0.3, 0.4) is 0 Å². The zero-order valence-electron chi connectivity index (χ0n) is 8.09. The van der Waals surface area contributed by atoms with Crippen LogP contribution in [0.2, 0.25) is 5.02 Å². The van der Waals surface area contributed by atoms with Gasteiger partial charge in [-0.3, -0.25) is 14.3 Å². The molecule has 0 saturated heterocycles. The van der Waals surface area contributed by atoms with Gasteiger partial charge in [-0.2, -0.15) is 0 Å². The van der Waals surface area contributed by atoms with E-state index in [1.807, 2.05) is 0 Å². The van der Waals surface area contributed by atoms with Crippen LogP contribution >= 0.6 is 11.6 Å². The monoisotopic (exact) mass is 231 g/mol. The number of hydrogen-bond acceptors (Lipinski definition) is 2. The summed E-state index contributed by atoms with van der Waals surface area (Å²) in [6.45, 7) is 6.79. The molecule has 2 aromatic rings. The van der Waals surface area contributed by atoms with Crippen LogP contribution in [-0.4, -0.2) is 9.55 Å². The lowest BCUT2D eigenvalue weighted by Gasteiger charge is -2.04. The highest BCUT2D eigenvalue weighted by atomic mass is 35.5. The number of rotatable bonds is 1. The van der Waals surface area contributed by atoms with Crippen molar-refractivity contribution in [3.05, 3.63) is 63.5 Å². The van der Waals surface area contributed by atoms with Gasteiger partial charge in [-0.25, -0.2) is 4.85 Å². The zero-order chi connectivity index (χ0) is 11.5. The molecule has 16 heavy (non-hydrogen) atoms. The van der Waals surface area contributed by atoms with Crippen LogP contribution in [-0.2, 0) is 0 Å². The molecule has 4 nitrogen and oxygen atoms in total. The highest BCUT2D eigenvalue weighted by Gasteiger charge is 2.01. The van der Waals surface area contributed by atoms with Gasteiger partial charge in [-0.1, -0.05) is 17.7 Å². The van der Waals surface area contributed by atoms with E-state index in [1.54, 1.807) is 12.1 Å². The summed E-state index contributed by atoms with van der Waals surface area (Å²) in [5, 5.41) is 0.454. The van der Waals surface area contributed by atoms with Crippen LogP contribution in [0, 0.1) is 6.57 Å². The average Bonchev–Trinajstić information content (AvgIpc) is 2.32. The molecule has 0 N–H and O–H groups in total. The summed E-state index contributed by atoms with van der Waals surface area (Å²) in [4.78, 5) is 18.8. The van der Waals surface area contributed by atoms with Crippen LogP contribution < -0.4 is 5.56 Å². The van der Waals surface area contributed by atoms with E-state index < -0.39 is 0 Å². The average molecular weight is 232 g/mol. The van der Waals surface area contributed by atoms with E-state index in [9.17, 15) is 4.79 Å². The number of nitrogens with zero attached hydrogens (tertiary/aromatic N) is 3. The van der Waals surface area contributed by atoms with E-state index in [0.717, 1.165) is 0 Å². The molecular formula is C11H6ClN3O. The molecule has 5 heteroatoms. The normalized spacial score (nSPS) is 9.75. The number of pyridine rings is 2. The summed E-state index contributed by atoms with van der Waals surface area (Å²) >= 11 is 5.79. The standard InChI is InChI=1S/C11H6ClN3O/c1-13-9-3-4-10(14-6-9)15-7-8(12)2-5-11(15)16/h2-7H. The minimum absolute atomic E-state index is 0.215. The number of hydrogen-bond donors (Lipinski definition) is 0. The van der Waals surface area contributed by atoms with E-state index in [0.29, 0.717) is 16.5 Å². The van der Waals surface area contributed by atoms with Crippen LogP contribution in [0.25, 0.3) is 10.7 Å². The molecule has 0 unspecified atom stereocenters. The Labute approximate surface area is 96.6 Å². The van der Waals surface area contributed by atoms with Gasteiger partial charge in [0.2, 0.25) is 5.69 Å². The second-order valence-corrected chi connectivity index (χ2v) is 3.48. The molecule has 2 rings (SSSR count). The third kappa shape index (κ3) is 1.95. The van der Waals surface area contributed by atoms with Crippen molar-refractivity contribution in [3.8, 4) is 5.82 Å². The third-order valence-electron chi connectivity index (χ3n) is 1.98. The van der Waals surface area contributed by atoms with Crippen LogP contribution in [0.5, 0.6) is 0 Å². The summed E-state index contributed by atoms with van der Waals surface area (Å²) < 4.78 is 1.33. The van der Waals surface area contributed by atoms with E-state index in [1.165, 1.54) is 29.1 Å². The highest BCUT2D eigenvalue weighted by Crippen LogP contribution is 2.12. The van der Waals surface area contributed by atoms with Crippen molar-refractivity contribution in [1.29, 1.82) is 0 Å². The minimum atomic E-state index is -0.215. The van der Waals surface area contributed by atoms with E-state index in [4.69, 9.17) is 18.2 Å². The van der Waals surface area contributed by atoms with Crippen molar-refractivity contribution in [2.45, 2.75) is 0 Å². The highest BCUT2D eigenvalue weighted by molar-refractivity contribution is 6.30. The lowest BCUT2D eigenvalue weighted by molar-refractivity contribution is 0.942. The first kappa shape index (κ1) is 10.4. The van der Waals surface area contributed by atoms with E-state index in [2.05, 4.69) is 9.83 Å². The van der Waals surface area contributed by atoms with Crippen molar-refractivity contribution < 1.29 is 0 Å². The Morgan fingerprint density at radius 3 is 2.75 bits per heavy atom. The fourth-order valence-electron chi connectivity index (χ4n) is 1.23. The number of halogens is 1. The Hall–Kier alpha value is -2.12. The Bertz CT molecular complexity index is 610. The van der Waals surface area contributed by atoms with Crippen molar-refractivity contribution in [3.63, 3.8) is 0 Å². The molecule has 0 saturated carbocycles. The van der Waals surface area contributed by atoms with Crippen molar-refractivity contribution >= 4 is 17.3 Å². The lowest BCUT2D eigenvalue weighted by atomic mass is 10.4. The quantitative estimate of drug-likeness (QED) is 0.707. The molecule has 0 fully saturated rings. The molecule has 2 heterocycles. The first-order chi connectivity index (χ1) is 7.70. The van der Waals surface area contributed by atoms with Crippen molar-refractivity contribution in [2.75, 3.05) is 0 Å². The number of aromatic nitrogens is 2. The topological polar surface area (TPSA) is 39.2 Å². The third-order valence-corrected chi connectivity index (χ3v) is 2.21. The van der Waals surface area contributed by atoms with E-state index in [-0.39, 0.29) is 5.56 Å². The van der Waals surface area contributed by atoms with Gasteiger partial charge in [0.15, 0.2) is 0 Å². The fraction of sp³-hybridized carbons (Fsp3) is 0. The lowest BCUT2D eigenvalue weighted by Crippen LogP contribution is -2.16. The first-order valence-corrected chi connectivity index (χ1v) is 4.80. The van der Waals surface area contributed by atoms with Gasteiger partial charge in [0.05, 0.1) is 11.6 Å². The SMILES string of the molecule is [C-]#[N+]c1ccc(-n2cc(Cl)ccc2=O)nc1. The van der Waals surface area contributed by atoms with Gasteiger partial charge in [0.25, 0.3) is 5.56 Å². The molecule has 0 aromatic carbocycles. The molecule has 0 atom stereocenters. The fourth-order valence-corrected chi connectivity index (χ4v) is 1.39. The summed E-state index contributed by atoms with van der Waals surface area (Å²) in [5.74, 6) is 0.444. The summed E-state index contributed by atoms with van der Waals surface area (Å²) in [7, 11) is 0. The zero-order valence-corrected chi connectivity index (χ0v) is 8.85. The summed E-state index contributed by atoms with van der Waals surface area (Å²) in [5.41, 5.74) is 0.214. The molecule has 78 valence electrons. The predicted octanol–water partition coefficient (Wildman–Crippen LogP) is 2.44. The Balaban J connectivity index is 2.55. The van der Waals surface area contributed by atoms with Gasteiger partial charge in [-0.05, 0) is 12.1 Å². The predicted molar refractivity (Wildman–Crippen MR) is 61.1 cm³/mol. The minimum Gasteiger partial charge on any atom is -0.269 e. The molecule has 0 spiro atoms. The molecule has 0 aliphatic rings. The van der Waals surface area contributed by atoms with Crippen LogP contribution in [0.15, 0.2) is 41.5 Å². The Morgan fingerprint density at radius 1 is 1.31 bits per heavy atom. The molecule has 0 aliphatic carbocycles. The Kier molecular flexibility index (Phi) is 2.71. The second-order valence-electron chi connectivity index (χ2n) is 3.04. The van der Waals surface area contributed by atoms with Gasteiger partial charge in [0, 0.05) is 18.5 Å². The van der Waals surface area contributed by atoms with Crippen LogP contribution in [0.4, 0.5) is 5.69 Å². The maximum Gasteiger partial charge on any atom is 0.256 e. The first-order valence-electron chi connectivity index (χ1n) is 4.43. The molecule has 0 aliphatic heterocycles. The smallest absolute Gasteiger partial charge is 0.256 e. The van der Waals surface area contributed by atoms with Crippen LogP contribution in [0.1, 0.15) is 0 Å². The molecule has 0 amide bonds. The van der Waals surface area contributed by atoms with Gasteiger partial charge in [-0.15, -0.1) is 0 Å². The molecule has 0 bridgehead atoms. The Morgan fingerprint density at radius 2 is 2.12 bits per heavy atom. The maximum atomic E-state index is 11.5. The van der Waals surface area contributed by atoms with E-state index >= 15 is 0 Å². The molecule has 0 radical (unpaired) electrons. The van der Waals surface area contributed by atoms with Gasteiger partial charge < -0.3 is 0 Å². The molecular weight excluding hydrogens is 226 g/mol. The molecule has 2 aromatic heterocycles. The second kappa shape index (κ2) is 4.17. The summed E-state index contributed by atoms with van der Waals surface area (Å²) in [6, 6.07) is 6.09. The maximum absolute atomic E-state index is 11.5. The van der Waals surface area contributed by atoms with Crippen molar-refractivity contribution in [2.24, 2.45) is 0 Å². The van der Waals surface area contributed by atoms with Gasteiger partial charge >= 0.3 is 0 Å². The summed E-state index contributed by atoms with van der Waals surface area (Å²) in [6.07, 6.45) is 2.90. The van der Waals surface area contributed by atoms with Crippen molar-refractivity contribution in [1.82, 2.24) is 9.55 Å². The largest absolute Gasteiger partial charge is 0.269 e. The van der Waals surface area contributed by atoms with Gasteiger partial charge in [0.1, 0.15) is 5.82 Å².